The maximum atomic E-state index is 13.3. The summed E-state index contributed by atoms with van der Waals surface area (Å²) in [5.41, 5.74) is 0. The maximum absolute atomic E-state index is 13.3. The lowest BCUT2D eigenvalue weighted by Crippen LogP contribution is -2.41. The first-order valence-electron chi connectivity index (χ1n) is 44.8. The summed E-state index contributed by atoms with van der Waals surface area (Å²) in [7, 11) is -9.46. The predicted molar refractivity (Wildman–Crippen MR) is 441 cm³/mol. The molecule has 22 nitrogen and oxygen atoms in total. The maximum Gasteiger partial charge on any atom is 0.472 e. The molecule has 0 saturated heterocycles. The van der Waals surface area contributed by atoms with Gasteiger partial charge < -0.3 is 50.0 Å². The topological polar surface area (TPSA) is 299 Å². The molecule has 0 aromatic carbocycles. The van der Waals surface area contributed by atoms with Crippen molar-refractivity contribution in [3.05, 3.63) is 0 Å². The van der Waals surface area contributed by atoms with Gasteiger partial charge in [0.15, 0.2) is 0 Å². The van der Waals surface area contributed by atoms with Crippen molar-refractivity contribution < 1.29 is 84.7 Å². The van der Waals surface area contributed by atoms with Crippen molar-refractivity contribution in [2.24, 2.45) is 0 Å². The molecule has 2 unspecified atom stereocenters. The first kappa shape index (κ1) is 106. The first-order valence-corrected chi connectivity index (χ1v) is 47.8. The van der Waals surface area contributed by atoms with Crippen LogP contribution in [-0.4, -0.2) is 136 Å². The highest BCUT2D eigenvalue weighted by atomic mass is 31.2. The summed E-state index contributed by atoms with van der Waals surface area (Å²) >= 11 is 0. The Morgan fingerprint density at radius 2 is 0.532 bits per heavy atom. The van der Waals surface area contributed by atoms with E-state index in [1.807, 2.05) is 0 Å². The van der Waals surface area contributed by atoms with Crippen LogP contribution in [0.3, 0.4) is 0 Å². The lowest BCUT2D eigenvalue weighted by atomic mass is 10.1. The standard InChI is InChI=1S/C85H166N4O18P2/c1-7-13-19-25-29-33-35-39-41-47-53-59-80(90)88-76(72-100-67-63-78(57-51-45-23-17-11-5)106-84(94)61-55-49-43-37-31-27-21-15-9-3)74-104-108(96,97)102-69-65-86-82(92)71-83(93)87-66-70-103-109(98,99)105-75-77(89-81(91)60-54-48-42-40-36-34-30-26-20-14-8-2)73-101-68-64-79(58-52-46-24-18-12-6)107-85(95)62-56-50-44-38-32-28-22-16-10-4/h76-79H,7-75H2,1-6H3,(H,86,92)(H,87,93)(H,88,90)(H,89,91)(H,96,97)(H,98,99)/t76-,77+,78-,79-/m1/s1. The molecule has 0 aliphatic carbocycles. The molecule has 0 aromatic rings. The largest absolute Gasteiger partial charge is 0.472 e. The van der Waals surface area contributed by atoms with Gasteiger partial charge in [-0.2, -0.15) is 0 Å². The van der Waals surface area contributed by atoms with Crippen molar-refractivity contribution in [2.75, 3.05) is 65.9 Å². The number of nitrogens with one attached hydrogen (secondary N) is 4. The van der Waals surface area contributed by atoms with E-state index in [9.17, 15) is 47.7 Å². The molecule has 6 N–H and O–H groups in total. The molecule has 0 aromatic heterocycles. The van der Waals surface area contributed by atoms with E-state index in [0.717, 1.165) is 141 Å². The smallest absolute Gasteiger partial charge is 0.462 e. The highest BCUT2D eigenvalue weighted by molar-refractivity contribution is 7.47. The SMILES string of the molecule is CCCCCCCCCCCCCC(=O)N[C@H](COCC[C@@H](CCCCCCC)OC(=O)CCCCCCCCCCC)COP(=O)(O)OCCNC(=O)CC(=O)NCCOP(=O)(O)OC[C@H](COCC[C@@H](CCCCCCC)OC(=O)CCCCCCCCCCC)NC(=O)CCCCCCCCCCCCC. The number of hydrogen-bond acceptors (Lipinski definition) is 16. The van der Waals surface area contributed by atoms with E-state index in [4.69, 9.17) is 37.0 Å². The predicted octanol–water partition coefficient (Wildman–Crippen LogP) is 21.4. The number of hydrogen-bond donors (Lipinski definition) is 6. The summed E-state index contributed by atoms with van der Waals surface area (Å²) in [5, 5.41) is 10.7. The van der Waals surface area contributed by atoms with Crippen molar-refractivity contribution in [2.45, 2.75) is 445 Å². The lowest BCUT2D eigenvalue weighted by Gasteiger charge is -2.22. The fourth-order valence-electron chi connectivity index (χ4n) is 13.2. The van der Waals surface area contributed by atoms with E-state index in [0.29, 0.717) is 51.4 Å². The van der Waals surface area contributed by atoms with Crippen LogP contribution in [-0.2, 0) is 74.9 Å². The zero-order valence-corrected chi connectivity index (χ0v) is 72.2. The molecule has 0 radical (unpaired) electrons. The van der Waals surface area contributed by atoms with Crippen molar-refractivity contribution in [3.8, 4) is 0 Å². The Bertz CT molecular complexity index is 2080. The fourth-order valence-corrected chi connectivity index (χ4v) is 14.7. The third kappa shape index (κ3) is 76.0. The summed E-state index contributed by atoms with van der Waals surface area (Å²) in [6, 6.07) is -1.64. The summed E-state index contributed by atoms with van der Waals surface area (Å²) in [6.45, 7) is 11.3. The second-order valence-corrected chi connectivity index (χ2v) is 33.6. The Balaban J connectivity index is 5.52. The summed E-state index contributed by atoms with van der Waals surface area (Å²) in [6.07, 6.45) is 58.9. The fraction of sp³-hybridized carbons (Fsp3) is 0.929. The van der Waals surface area contributed by atoms with Gasteiger partial charge in [0.1, 0.15) is 18.6 Å². The van der Waals surface area contributed by atoms with E-state index >= 15 is 0 Å². The molecule has 0 bridgehead atoms. The minimum atomic E-state index is -4.73. The van der Waals surface area contributed by atoms with Gasteiger partial charge in [-0.1, -0.05) is 324 Å². The average molecular weight is 1590 g/mol. The molecule has 0 aliphatic rings. The Kier molecular flexibility index (Phi) is 76.6. The molecule has 24 heteroatoms. The molecule has 0 fully saturated rings. The van der Waals surface area contributed by atoms with Gasteiger partial charge >= 0.3 is 27.6 Å². The van der Waals surface area contributed by atoms with Gasteiger partial charge in [-0.05, 0) is 51.4 Å². The van der Waals surface area contributed by atoms with Crippen LogP contribution in [0.4, 0.5) is 0 Å². The highest BCUT2D eigenvalue weighted by Crippen LogP contribution is 2.44. The number of carbonyl (C=O) groups is 6. The lowest BCUT2D eigenvalue weighted by molar-refractivity contribution is -0.151. The molecule has 0 aliphatic heterocycles. The van der Waals surface area contributed by atoms with Gasteiger partial charge in [0.05, 0.1) is 64.9 Å². The third-order valence-corrected chi connectivity index (χ3v) is 21.9. The minimum absolute atomic E-state index is 0.0448. The first-order chi connectivity index (χ1) is 52.9. The number of amides is 4. The average Bonchev–Trinajstić information content (AvgIpc) is 0.927. The summed E-state index contributed by atoms with van der Waals surface area (Å²) in [4.78, 5) is 99.5. The zero-order valence-electron chi connectivity index (χ0n) is 70.4. The second kappa shape index (κ2) is 78.8. The minimum Gasteiger partial charge on any atom is -0.462 e. The van der Waals surface area contributed by atoms with Gasteiger partial charge in [-0.25, -0.2) is 9.13 Å². The van der Waals surface area contributed by atoms with Crippen molar-refractivity contribution >= 4 is 51.2 Å². The van der Waals surface area contributed by atoms with Gasteiger partial charge in [-0.3, -0.25) is 46.9 Å². The molecule has 0 heterocycles. The molecule has 4 amide bonds. The van der Waals surface area contributed by atoms with Crippen molar-refractivity contribution in [1.82, 2.24) is 21.3 Å². The molecular weight excluding hydrogens is 1430 g/mol. The zero-order chi connectivity index (χ0) is 80.0. The van der Waals surface area contributed by atoms with Gasteiger partial charge in [0.25, 0.3) is 0 Å². The summed E-state index contributed by atoms with van der Waals surface area (Å²) in [5.74, 6) is -2.36. The normalized spacial score (nSPS) is 13.8. The van der Waals surface area contributed by atoms with Gasteiger partial charge in [0, 0.05) is 51.6 Å². The van der Waals surface area contributed by atoms with E-state index in [2.05, 4.69) is 62.8 Å². The van der Waals surface area contributed by atoms with Crippen LogP contribution in [0.1, 0.15) is 420 Å². The molecule has 0 spiro atoms. The van der Waals surface area contributed by atoms with Crippen LogP contribution in [0.5, 0.6) is 0 Å². The van der Waals surface area contributed by atoms with E-state index < -0.39 is 72.4 Å². The van der Waals surface area contributed by atoms with Crippen LogP contribution < -0.4 is 21.3 Å². The van der Waals surface area contributed by atoms with Crippen LogP contribution in [0.25, 0.3) is 0 Å². The molecule has 0 rings (SSSR count). The van der Waals surface area contributed by atoms with Crippen LogP contribution >= 0.6 is 15.6 Å². The Labute approximate surface area is 664 Å². The number of rotatable bonds is 86. The molecular formula is C85H166N4O18P2. The Morgan fingerprint density at radius 1 is 0.284 bits per heavy atom. The molecule has 644 valence electrons. The summed E-state index contributed by atoms with van der Waals surface area (Å²) < 4.78 is 71.5. The number of ether oxygens (including phenoxy) is 4. The van der Waals surface area contributed by atoms with Crippen LogP contribution in [0, 0.1) is 0 Å². The number of carbonyl (C=O) groups excluding carboxylic acids is 6. The Hall–Kier alpha value is -3.04. The van der Waals surface area contributed by atoms with Crippen LogP contribution in [0.15, 0.2) is 0 Å². The van der Waals surface area contributed by atoms with Gasteiger partial charge in [0.2, 0.25) is 23.6 Å². The quantitative estimate of drug-likeness (QED) is 0.0143. The third-order valence-electron chi connectivity index (χ3n) is 19.9. The monoisotopic (exact) mass is 1590 g/mol. The molecule has 109 heavy (non-hydrogen) atoms. The van der Waals surface area contributed by atoms with E-state index in [-0.39, 0.29) is 88.3 Å². The number of phosphoric ester groups is 2. The van der Waals surface area contributed by atoms with Crippen LogP contribution in [0.2, 0.25) is 0 Å². The van der Waals surface area contributed by atoms with E-state index in [1.54, 1.807) is 0 Å². The van der Waals surface area contributed by atoms with E-state index in [1.165, 1.54) is 167 Å². The number of esters is 2. The Morgan fingerprint density at radius 3 is 0.807 bits per heavy atom. The number of phosphoric acid groups is 2. The van der Waals surface area contributed by atoms with Crippen molar-refractivity contribution in [3.63, 3.8) is 0 Å². The second-order valence-electron chi connectivity index (χ2n) is 30.7. The number of unbranched alkanes of at least 4 members (excludes halogenated alkanes) is 44. The molecule has 0 saturated carbocycles. The highest BCUT2D eigenvalue weighted by Gasteiger charge is 2.27. The molecule has 6 atom stereocenters. The van der Waals surface area contributed by atoms with Gasteiger partial charge in [-0.15, -0.1) is 0 Å². The van der Waals surface area contributed by atoms with Crippen molar-refractivity contribution in [1.29, 1.82) is 0 Å².